The van der Waals surface area contributed by atoms with E-state index in [0.717, 1.165) is 32.7 Å². The molecule has 0 amide bonds. The summed E-state index contributed by atoms with van der Waals surface area (Å²) >= 11 is 0. The average molecular weight is 221 g/mol. The van der Waals surface area contributed by atoms with Gasteiger partial charge in [0.15, 0.2) is 0 Å². The topological polar surface area (TPSA) is 27.3 Å². The van der Waals surface area contributed by atoms with Gasteiger partial charge in [-0.3, -0.25) is 4.90 Å². The monoisotopic (exact) mass is 221 g/mol. The normalized spacial score (nSPS) is 33.1. The predicted octanol–water partition coefficient (Wildman–Crippen LogP) is 0.756. The molecule has 16 heavy (non-hydrogen) atoms. The van der Waals surface area contributed by atoms with Crippen LogP contribution in [-0.4, -0.2) is 50.2 Å². The maximum Gasteiger partial charge on any atom is 0.0167 e. The third-order valence-electron chi connectivity index (χ3n) is 3.35. The largest absolute Gasteiger partial charge is 0.313 e. The first-order valence-electron chi connectivity index (χ1n) is 6.42. The van der Waals surface area contributed by atoms with Crippen LogP contribution in [0, 0.1) is 0 Å². The molecule has 2 N–H and O–H groups in total. The van der Waals surface area contributed by atoms with Gasteiger partial charge < -0.3 is 10.6 Å². The molecule has 0 aliphatic carbocycles. The molecular weight excluding hydrogens is 198 g/mol. The van der Waals surface area contributed by atoms with Crippen LogP contribution in [0.2, 0.25) is 0 Å². The Morgan fingerprint density at radius 2 is 1.75 bits per heavy atom. The molecule has 0 fully saturated rings. The van der Waals surface area contributed by atoms with Crippen LogP contribution in [-0.2, 0) is 0 Å². The highest BCUT2D eigenvalue weighted by Gasteiger charge is 2.16. The predicted molar refractivity (Wildman–Crippen MR) is 68.6 cm³/mol. The van der Waals surface area contributed by atoms with Gasteiger partial charge in [0.1, 0.15) is 0 Å². The van der Waals surface area contributed by atoms with Crippen molar-refractivity contribution >= 4 is 0 Å². The van der Waals surface area contributed by atoms with Crippen LogP contribution in [0.15, 0.2) is 24.3 Å². The Kier molecular flexibility index (Phi) is 5.06. The van der Waals surface area contributed by atoms with Crippen molar-refractivity contribution in [3.8, 4) is 0 Å². The Hall–Kier alpha value is -0.640. The van der Waals surface area contributed by atoms with Gasteiger partial charge in [0.05, 0.1) is 0 Å². The SMILES string of the molecule is C1=C/CC(N2C/C=C/CNCC2)CCNC/1. The van der Waals surface area contributed by atoms with E-state index >= 15 is 0 Å². The summed E-state index contributed by atoms with van der Waals surface area (Å²) in [5.41, 5.74) is 0. The number of hydrogen-bond donors (Lipinski definition) is 2. The van der Waals surface area contributed by atoms with Crippen molar-refractivity contribution in [2.45, 2.75) is 18.9 Å². The molecule has 2 rings (SSSR count). The average Bonchev–Trinajstić information content (AvgIpc) is 2.18. The van der Waals surface area contributed by atoms with E-state index in [9.17, 15) is 0 Å². The van der Waals surface area contributed by atoms with Crippen LogP contribution in [0.3, 0.4) is 0 Å². The van der Waals surface area contributed by atoms with E-state index in [4.69, 9.17) is 0 Å². The molecule has 0 aromatic carbocycles. The lowest BCUT2D eigenvalue weighted by Crippen LogP contribution is -2.42. The molecule has 0 aromatic rings. The maximum absolute atomic E-state index is 3.44. The summed E-state index contributed by atoms with van der Waals surface area (Å²) in [6.07, 6.45) is 11.6. The fraction of sp³-hybridized carbons (Fsp3) is 0.692. The molecule has 0 aromatic heterocycles. The fourth-order valence-electron chi connectivity index (χ4n) is 2.36. The highest BCUT2D eigenvalue weighted by atomic mass is 15.2. The Labute approximate surface area is 98.6 Å². The lowest BCUT2D eigenvalue weighted by Gasteiger charge is -2.32. The molecule has 2 heterocycles. The first kappa shape index (κ1) is 11.8. The minimum atomic E-state index is 0.702. The number of nitrogens with zero attached hydrogens (tertiary/aromatic N) is 1. The summed E-state index contributed by atoms with van der Waals surface area (Å²) in [6, 6.07) is 0.702. The molecule has 0 saturated heterocycles. The third kappa shape index (κ3) is 3.74. The Morgan fingerprint density at radius 3 is 2.69 bits per heavy atom. The molecular formula is C13H23N3. The number of hydrogen-bond acceptors (Lipinski definition) is 3. The maximum atomic E-state index is 3.44. The van der Waals surface area contributed by atoms with E-state index in [1.54, 1.807) is 0 Å². The van der Waals surface area contributed by atoms with Crippen LogP contribution < -0.4 is 10.6 Å². The highest BCUT2D eigenvalue weighted by Crippen LogP contribution is 2.11. The molecule has 0 saturated carbocycles. The second kappa shape index (κ2) is 6.84. The molecule has 0 spiro atoms. The van der Waals surface area contributed by atoms with Crippen molar-refractivity contribution < 1.29 is 0 Å². The molecule has 90 valence electrons. The molecule has 3 heteroatoms. The van der Waals surface area contributed by atoms with Gasteiger partial charge in [-0.2, -0.15) is 0 Å². The van der Waals surface area contributed by atoms with Crippen LogP contribution in [0.4, 0.5) is 0 Å². The lowest BCUT2D eigenvalue weighted by molar-refractivity contribution is 0.204. The minimum Gasteiger partial charge on any atom is -0.313 e. The summed E-state index contributed by atoms with van der Waals surface area (Å²) in [4.78, 5) is 2.60. The zero-order valence-corrected chi connectivity index (χ0v) is 9.99. The smallest absolute Gasteiger partial charge is 0.0167 e. The molecule has 2 aliphatic rings. The van der Waals surface area contributed by atoms with Crippen LogP contribution in [0.25, 0.3) is 0 Å². The van der Waals surface area contributed by atoms with E-state index in [-0.39, 0.29) is 0 Å². The molecule has 0 bridgehead atoms. The Morgan fingerprint density at radius 1 is 0.938 bits per heavy atom. The molecule has 0 radical (unpaired) electrons. The Bertz CT molecular complexity index is 222. The van der Waals surface area contributed by atoms with Crippen molar-refractivity contribution in [1.82, 2.24) is 15.5 Å². The van der Waals surface area contributed by atoms with Gasteiger partial charge in [-0.15, -0.1) is 0 Å². The van der Waals surface area contributed by atoms with Gasteiger partial charge in [-0.25, -0.2) is 0 Å². The van der Waals surface area contributed by atoms with Gasteiger partial charge in [-0.1, -0.05) is 24.3 Å². The summed E-state index contributed by atoms with van der Waals surface area (Å²) in [5.74, 6) is 0. The zero-order chi connectivity index (χ0) is 11.1. The van der Waals surface area contributed by atoms with Crippen LogP contribution >= 0.6 is 0 Å². The van der Waals surface area contributed by atoms with E-state index in [1.165, 1.54) is 19.4 Å². The van der Waals surface area contributed by atoms with Crippen molar-refractivity contribution in [3.05, 3.63) is 24.3 Å². The minimum absolute atomic E-state index is 0.702. The van der Waals surface area contributed by atoms with E-state index in [0.29, 0.717) is 6.04 Å². The van der Waals surface area contributed by atoms with Gasteiger partial charge in [-0.05, 0) is 19.4 Å². The molecule has 3 nitrogen and oxygen atoms in total. The molecule has 1 atom stereocenters. The van der Waals surface area contributed by atoms with Gasteiger partial charge in [0, 0.05) is 38.8 Å². The number of nitrogens with one attached hydrogen (secondary N) is 2. The molecule has 2 aliphatic heterocycles. The first-order chi connectivity index (χ1) is 7.97. The van der Waals surface area contributed by atoms with E-state index in [1.807, 2.05) is 0 Å². The van der Waals surface area contributed by atoms with Gasteiger partial charge in [0.2, 0.25) is 0 Å². The quantitative estimate of drug-likeness (QED) is 0.640. The van der Waals surface area contributed by atoms with Crippen molar-refractivity contribution in [2.24, 2.45) is 0 Å². The fourth-order valence-corrected chi connectivity index (χ4v) is 2.36. The summed E-state index contributed by atoms with van der Waals surface area (Å²) < 4.78 is 0. The summed E-state index contributed by atoms with van der Waals surface area (Å²) in [5, 5.41) is 6.86. The first-order valence-corrected chi connectivity index (χ1v) is 6.42. The van der Waals surface area contributed by atoms with E-state index < -0.39 is 0 Å². The van der Waals surface area contributed by atoms with Crippen molar-refractivity contribution in [2.75, 3.05) is 39.3 Å². The second-order valence-electron chi connectivity index (χ2n) is 4.52. The zero-order valence-electron chi connectivity index (χ0n) is 9.99. The van der Waals surface area contributed by atoms with Gasteiger partial charge >= 0.3 is 0 Å². The highest BCUT2D eigenvalue weighted by molar-refractivity contribution is 4.95. The standard InChI is InChI=1S/C13H23N3/c1-2-7-14-9-6-13(5-1)16-11-4-3-8-15-10-12-16/h1-4,13-15H,5-12H2/b2-1+,4-3+. The van der Waals surface area contributed by atoms with Crippen LogP contribution in [0.5, 0.6) is 0 Å². The van der Waals surface area contributed by atoms with Gasteiger partial charge in [0.25, 0.3) is 0 Å². The second-order valence-corrected chi connectivity index (χ2v) is 4.52. The lowest BCUT2D eigenvalue weighted by atomic mass is 10.1. The number of rotatable bonds is 1. The van der Waals surface area contributed by atoms with Crippen LogP contribution in [0.1, 0.15) is 12.8 Å². The van der Waals surface area contributed by atoms with Crippen molar-refractivity contribution in [3.63, 3.8) is 0 Å². The Balaban J connectivity index is 1.91. The van der Waals surface area contributed by atoms with E-state index in [2.05, 4.69) is 39.8 Å². The third-order valence-corrected chi connectivity index (χ3v) is 3.35. The summed E-state index contributed by atoms with van der Waals surface area (Å²) in [6.45, 7) is 6.60. The summed E-state index contributed by atoms with van der Waals surface area (Å²) in [7, 11) is 0. The molecule has 1 unspecified atom stereocenters. The van der Waals surface area contributed by atoms with Crippen molar-refractivity contribution in [1.29, 1.82) is 0 Å².